The summed E-state index contributed by atoms with van der Waals surface area (Å²) in [4.78, 5) is 18.9. The van der Waals surface area contributed by atoms with Gasteiger partial charge < -0.3 is 20.3 Å². The largest absolute Gasteiger partial charge is 0.504 e. The third-order valence-corrected chi connectivity index (χ3v) is 3.32. The first kappa shape index (κ1) is 13.0. The highest BCUT2D eigenvalue weighted by molar-refractivity contribution is 5.90. The molecule has 3 aromatic rings. The Bertz CT molecular complexity index is 915. The molecule has 0 atom stereocenters. The van der Waals surface area contributed by atoms with Crippen molar-refractivity contribution < 1.29 is 15.3 Å². The Morgan fingerprint density at radius 3 is 2.52 bits per heavy atom. The summed E-state index contributed by atoms with van der Waals surface area (Å²) in [6, 6.07) is 8.51. The van der Waals surface area contributed by atoms with Gasteiger partial charge in [-0.3, -0.25) is 4.79 Å². The highest BCUT2D eigenvalue weighted by Gasteiger charge is 2.17. The first-order valence-corrected chi connectivity index (χ1v) is 6.23. The predicted octanol–water partition coefficient (Wildman–Crippen LogP) is 2.02. The van der Waals surface area contributed by atoms with Crippen LogP contribution < -0.4 is 5.56 Å². The minimum atomic E-state index is -0.738. The number of aromatic hydroxyl groups is 3. The maximum absolute atomic E-state index is 12.1. The second kappa shape index (κ2) is 4.52. The van der Waals surface area contributed by atoms with Gasteiger partial charge in [0.25, 0.3) is 5.56 Å². The van der Waals surface area contributed by atoms with E-state index in [1.807, 2.05) is 25.1 Å². The quantitative estimate of drug-likeness (QED) is 0.511. The van der Waals surface area contributed by atoms with Gasteiger partial charge in [0, 0.05) is 11.6 Å². The van der Waals surface area contributed by atoms with E-state index < -0.39 is 22.8 Å². The van der Waals surface area contributed by atoms with Crippen molar-refractivity contribution in [1.82, 2.24) is 9.97 Å². The van der Waals surface area contributed by atoms with Crippen molar-refractivity contribution in [1.29, 1.82) is 0 Å². The molecule has 6 nitrogen and oxygen atoms in total. The molecular weight excluding hydrogens is 272 g/mol. The zero-order chi connectivity index (χ0) is 15.1. The van der Waals surface area contributed by atoms with Crippen LogP contribution >= 0.6 is 0 Å². The average Bonchev–Trinajstić information content (AvgIpc) is 2.44. The van der Waals surface area contributed by atoms with Gasteiger partial charge in [-0.05, 0) is 12.5 Å². The van der Waals surface area contributed by atoms with E-state index in [1.54, 1.807) is 6.07 Å². The van der Waals surface area contributed by atoms with Crippen LogP contribution in [0.1, 0.15) is 5.56 Å². The van der Waals surface area contributed by atoms with Crippen LogP contribution in [-0.4, -0.2) is 25.3 Å². The van der Waals surface area contributed by atoms with Crippen molar-refractivity contribution in [3.05, 3.63) is 46.2 Å². The monoisotopic (exact) mass is 284 g/mol. The fourth-order valence-electron chi connectivity index (χ4n) is 2.23. The molecule has 0 fully saturated rings. The first-order valence-electron chi connectivity index (χ1n) is 6.23. The number of phenolic OH excluding ortho intramolecular Hbond substituents is 3. The minimum Gasteiger partial charge on any atom is -0.504 e. The van der Waals surface area contributed by atoms with Gasteiger partial charge in [-0.25, -0.2) is 4.98 Å². The highest BCUT2D eigenvalue weighted by atomic mass is 16.3. The molecule has 21 heavy (non-hydrogen) atoms. The Balaban J connectivity index is 2.38. The molecule has 0 radical (unpaired) electrons. The molecule has 4 N–H and O–H groups in total. The number of aromatic nitrogens is 2. The molecule has 6 heteroatoms. The van der Waals surface area contributed by atoms with E-state index in [0.29, 0.717) is 5.82 Å². The molecule has 3 rings (SSSR count). The maximum atomic E-state index is 12.1. The molecule has 0 saturated carbocycles. The van der Waals surface area contributed by atoms with Crippen LogP contribution in [0.15, 0.2) is 35.1 Å². The van der Waals surface area contributed by atoms with Gasteiger partial charge in [-0.15, -0.1) is 0 Å². The van der Waals surface area contributed by atoms with Gasteiger partial charge in [-0.1, -0.05) is 24.3 Å². The van der Waals surface area contributed by atoms with Gasteiger partial charge in [0.2, 0.25) is 5.75 Å². The number of fused-ring (bicyclic) bond motifs is 1. The number of hydrogen-bond acceptors (Lipinski definition) is 5. The van der Waals surface area contributed by atoms with Crippen LogP contribution in [0.4, 0.5) is 0 Å². The van der Waals surface area contributed by atoms with Crippen LogP contribution in [0, 0.1) is 6.92 Å². The molecule has 0 aliphatic heterocycles. The third kappa shape index (κ3) is 1.97. The lowest BCUT2D eigenvalue weighted by Crippen LogP contribution is -2.10. The summed E-state index contributed by atoms with van der Waals surface area (Å²) >= 11 is 0. The number of aromatic amines is 1. The van der Waals surface area contributed by atoms with Crippen molar-refractivity contribution in [3.63, 3.8) is 0 Å². The van der Waals surface area contributed by atoms with E-state index in [1.165, 1.54) is 0 Å². The molecule has 0 saturated heterocycles. The van der Waals surface area contributed by atoms with Crippen LogP contribution in [0.2, 0.25) is 0 Å². The fourth-order valence-corrected chi connectivity index (χ4v) is 2.23. The number of nitrogens with one attached hydrogen (secondary N) is 1. The fraction of sp³-hybridized carbons (Fsp3) is 0.0667. The van der Waals surface area contributed by atoms with E-state index in [0.717, 1.165) is 17.2 Å². The Labute approximate surface area is 119 Å². The van der Waals surface area contributed by atoms with E-state index in [4.69, 9.17) is 0 Å². The molecule has 0 aliphatic carbocycles. The lowest BCUT2D eigenvalue weighted by atomic mass is 10.1. The van der Waals surface area contributed by atoms with Crippen LogP contribution in [0.3, 0.4) is 0 Å². The van der Waals surface area contributed by atoms with E-state index in [-0.39, 0.29) is 10.9 Å². The molecule has 106 valence electrons. The van der Waals surface area contributed by atoms with Gasteiger partial charge >= 0.3 is 0 Å². The number of benzene rings is 2. The Kier molecular flexibility index (Phi) is 2.79. The maximum Gasteiger partial charge on any atom is 0.262 e. The van der Waals surface area contributed by atoms with Gasteiger partial charge in [0.1, 0.15) is 11.2 Å². The van der Waals surface area contributed by atoms with Crippen LogP contribution in [0.25, 0.3) is 22.3 Å². The van der Waals surface area contributed by atoms with Crippen molar-refractivity contribution in [2.75, 3.05) is 0 Å². The first-order chi connectivity index (χ1) is 9.99. The minimum absolute atomic E-state index is 0.102. The van der Waals surface area contributed by atoms with Gasteiger partial charge in [0.05, 0.1) is 5.52 Å². The second-order valence-electron chi connectivity index (χ2n) is 4.72. The lowest BCUT2D eigenvalue weighted by Gasteiger charge is -2.08. The zero-order valence-corrected chi connectivity index (χ0v) is 11.1. The van der Waals surface area contributed by atoms with Crippen molar-refractivity contribution in [3.8, 4) is 28.6 Å². The van der Waals surface area contributed by atoms with Crippen molar-refractivity contribution in [2.45, 2.75) is 6.92 Å². The standard InChI is InChI=1S/C15H12N2O4/c1-7-4-2-3-5-8(7)14-16-9-6-10(18)12(19)13(20)11(9)15(21)17-14/h2-6,18-20H,1H3,(H,16,17,21). The lowest BCUT2D eigenvalue weighted by molar-refractivity contribution is 0.371. The number of phenols is 3. The number of H-pyrrole nitrogens is 1. The molecule has 2 aromatic carbocycles. The normalized spacial score (nSPS) is 10.9. The highest BCUT2D eigenvalue weighted by Crippen LogP contribution is 2.39. The Hall–Kier alpha value is -3.02. The summed E-state index contributed by atoms with van der Waals surface area (Å²) in [6.07, 6.45) is 0. The third-order valence-electron chi connectivity index (χ3n) is 3.32. The van der Waals surface area contributed by atoms with E-state index in [9.17, 15) is 20.1 Å². The average molecular weight is 284 g/mol. The smallest absolute Gasteiger partial charge is 0.262 e. The molecule has 0 bridgehead atoms. The van der Waals surface area contributed by atoms with E-state index in [2.05, 4.69) is 9.97 Å². The number of rotatable bonds is 1. The van der Waals surface area contributed by atoms with Crippen LogP contribution in [-0.2, 0) is 0 Å². The Morgan fingerprint density at radius 2 is 1.81 bits per heavy atom. The number of nitrogens with zero attached hydrogens (tertiary/aromatic N) is 1. The van der Waals surface area contributed by atoms with Crippen molar-refractivity contribution in [2.24, 2.45) is 0 Å². The molecule has 1 heterocycles. The van der Waals surface area contributed by atoms with Crippen molar-refractivity contribution >= 4 is 10.9 Å². The van der Waals surface area contributed by atoms with Crippen LogP contribution in [0.5, 0.6) is 17.2 Å². The molecule has 0 unspecified atom stereocenters. The summed E-state index contributed by atoms with van der Waals surface area (Å²) in [6.45, 7) is 1.88. The molecular formula is C15H12N2O4. The number of hydrogen-bond donors (Lipinski definition) is 4. The molecule has 0 spiro atoms. The summed E-state index contributed by atoms with van der Waals surface area (Å²) in [7, 11) is 0. The summed E-state index contributed by atoms with van der Waals surface area (Å²) in [5.41, 5.74) is 1.17. The van der Waals surface area contributed by atoms with E-state index >= 15 is 0 Å². The molecule has 1 aromatic heterocycles. The Morgan fingerprint density at radius 1 is 1.10 bits per heavy atom. The summed E-state index contributed by atoms with van der Waals surface area (Å²) in [5.74, 6) is -1.63. The summed E-state index contributed by atoms with van der Waals surface area (Å²) in [5, 5.41) is 28.6. The van der Waals surface area contributed by atoms with Gasteiger partial charge in [0.15, 0.2) is 11.5 Å². The zero-order valence-electron chi connectivity index (χ0n) is 11.1. The second-order valence-corrected chi connectivity index (χ2v) is 4.72. The van der Waals surface area contributed by atoms with Gasteiger partial charge in [-0.2, -0.15) is 0 Å². The topological polar surface area (TPSA) is 106 Å². The summed E-state index contributed by atoms with van der Waals surface area (Å²) < 4.78 is 0. The molecule has 0 aliphatic rings. The SMILES string of the molecule is Cc1ccccc1-c1nc2cc(O)c(O)c(O)c2c(=O)[nH]1. The molecule has 0 amide bonds. The predicted molar refractivity (Wildman–Crippen MR) is 77.5 cm³/mol. The number of aryl methyl sites for hydroxylation is 1.